The van der Waals surface area contributed by atoms with Crippen LogP contribution < -0.4 is 10.1 Å². The van der Waals surface area contributed by atoms with Crippen LogP contribution in [-0.2, 0) is 9.59 Å². The number of anilines is 1. The van der Waals surface area contributed by atoms with E-state index in [1.54, 1.807) is 19.2 Å². The van der Waals surface area contributed by atoms with Crippen molar-refractivity contribution in [1.82, 2.24) is 5.01 Å². The summed E-state index contributed by atoms with van der Waals surface area (Å²) < 4.78 is 5.30. The van der Waals surface area contributed by atoms with Crippen LogP contribution in [0.15, 0.2) is 82.9 Å². The fraction of sp³-hybridized carbons (Fsp3) is 0.214. The summed E-state index contributed by atoms with van der Waals surface area (Å²) in [6, 6.07) is 22.9. The van der Waals surface area contributed by atoms with Crippen molar-refractivity contribution in [3.05, 3.63) is 94.5 Å². The van der Waals surface area contributed by atoms with Gasteiger partial charge in [0.1, 0.15) is 11.0 Å². The number of hydrogen-bond donors (Lipinski definition) is 1. The van der Waals surface area contributed by atoms with Crippen molar-refractivity contribution in [3.8, 4) is 5.75 Å². The predicted molar refractivity (Wildman–Crippen MR) is 148 cm³/mol. The number of aryl methyl sites for hydroxylation is 1. The van der Waals surface area contributed by atoms with Gasteiger partial charge in [-0.3, -0.25) is 9.59 Å². The second kappa shape index (κ2) is 10.8. The minimum Gasteiger partial charge on any atom is -0.495 e. The minimum atomic E-state index is -0.627. The van der Waals surface area contributed by atoms with Gasteiger partial charge in [0.2, 0.25) is 5.91 Å². The molecule has 0 fully saturated rings. The van der Waals surface area contributed by atoms with Crippen molar-refractivity contribution in [1.29, 1.82) is 0 Å². The Balaban J connectivity index is 1.35. The molecule has 188 valence electrons. The van der Waals surface area contributed by atoms with E-state index in [4.69, 9.17) is 21.4 Å². The number of para-hydroxylation sites is 2. The molecule has 7 nitrogen and oxygen atoms in total. The molecule has 2 heterocycles. The first-order chi connectivity index (χ1) is 17.9. The van der Waals surface area contributed by atoms with Crippen molar-refractivity contribution >= 4 is 51.7 Å². The van der Waals surface area contributed by atoms with Gasteiger partial charge in [0.05, 0.1) is 24.6 Å². The van der Waals surface area contributed by atoms with Crippen molar-refractivity contribution in [2.45, 2.75) is 31.1 Å². The first kappa shape index (κ1) is 25.0. The van der Waals surface area contributed by atoms with Gasteiger partial charge >= 0.3 is 0 Å². The molecular formula is C28H25ClN4O3S. The SMILES string of the molecule is COc1ccccc1NC(=O)CC1SC(N2N=C(c3ccc(Cl)cc3)CC2c2ccc(C)cc2)=NC1=O. The number of hydrazone groups is 1. The maximum Gasteiger partial charge on any atom is 0.262 e. The Kier molecular flexibility index (Phi) is 7.30. The molecule has 1 N–H and O–H groups in total. The van der Waals surface area contributed by atoms with E-state index in [1.807, 2.05) is 48.3 Å². The Morgan fingerprint density at radius 1 is 1.11 bits per heavy atom. The zero-order chi connectivity index (χ0) is 25.9. The van der Waals surface area contributed by atoms with Gasteiger partial charge in [-0.1, -0.05) is 77.5 Å². The van der Waals surface area contributed by atoms with E-state index in [9.17, 15) is 9.59 Å². The van der Waals surface area contributed by atoms with Crippen LogP contribution >= 0.6 is 23.4 Å². The zero-order valence-electron chi connectivity index (χ0n) is 20.3. The number of thioether (sulfide) groups is 1. The molecule has 0 radical (unpaired) electrons. The maximum absolute atomic E-state index is 12.8. The van der Waals surface area contributed by atoms with E-state index in [0.717, 1.165) is 22.4 Å². The third-order valence-corrected chi connectivity index (χ3v) is 7.62. The molecule has 0 aromatic heterocycles. The maximum atomic E-state index is 12.8. The second-order valence-electron chi connectivity index (χ2n) is 8.82. The van der Waals surface area contributed by atoms with Gasteiger partial charge in [0.25, 0.3) is 5.91 Å². The quantitative estimate of drug-likeness (QED) is 0.431. The fourth-order valence-corrected chi connectivity index (χ4v) is 5.46. The molecule has 0 spiro atoms. The van der Waals surface area contributed by atoms with E-state index >= 15 is 0 Å². The van der Waals surface area contributed by atoms with Crippen LogP contribution in [0.3, 0.4) is 0 Å². The van der Waals surface area contributed by atoms with Gasteiger partial charge in [-0.2, -0.15) is 10.1 Å². The summed E-state index contributed by atoms with van der Waals surface area (Å²) in [5.74, 6) is -0.0677. The highest BCUT2D eigenvalue weighted by atomic mass is 35.5. The Morgan fingerprint density at radius 2 is 1.84 bits per heavy atom. The van der Waals surface area contributed by atoms with Crippen LogP contribution in [0.4, 0.5) is 5.69 Å². The topological polar surface area (TPSA) is 83.4 Å². The molecule has 2 aliphatic heterocycles. The number of amidine groups is 1. The van der Waals surface area contributed by atoms with Crippen LogP contribution in [0.5, 0.6) is 5.75 Å². The molecule has 0 saturated heterocycles. The average molecular weight is 533 g/mol. The Bertz CT molecular complexity index is 1390. The predicted octanol–water partition coefficient (Wildman–Crippen LogP) is 5.83. The lowest BCUT2D eigenvalue weighted by Crippen LogP contribution is -2.25. The van der Waals surface area contributed by atoms with Crippen molar-refractivity contribution in [2.24, 2.45) is 10.1 Å². The summed E-state index contributed by atoms with van der Waals surface area (Å²) in [6.07, 6.45) is 0.642. The standard InChI is InChI=1S/C28H25ClN4O3S/c1-17-7-9-19(10-8-17)23-15-22(18-11-13-20(29)14-12-18)32-33(23)28-31-27(35)25(37-28)16-26(34)30-21-5-3-4-6-24(21)36-2/h3-14,23,25H,15-16H2,1-2H3,(H,30,34). The molecule has 2 unspecified atom stereocenters. The number of aliphatic imine (C=N–C) groups is 1. The molecule has 0 bridgehead atoms. The van der Waals surface area contributed by atoms with Crippen LogP contribution in [0.2, 0.25) is 5.02 Å². The number of benzene rings is 3. The number of methoxy groups -OCH3 is 1. The number of amides is 2. The third kappa shape index (κ3) is 5.55. The van der Waals surface area contributed by atoms with Crippen molar-refractivity contribution < 1.29 is 14.3 Å². The number of halogens is 1. The number of nitrogens with zero attached hydrogens (tertiary/aromatic N) is 3. The Hall–Kier alpha value is -3.62. The van der Waals surface area contributed by atoms with Crippen LogP contribution in [-0.4, -0.2) is 40.1 Å². The van der Waals surface area contributed by atoms with Crippen LogP contribution in [0.25, 0.3) is 0 Å². The monoisotopic (exact) mass is 532 g/mol. The molecule has 0 saturated carbocycles. The van der Waals surface area contributed by atoms with Crippen molar-refractivity contribution in [2.75, 3.05) is 12.4 Å². The third-order valence-electron chi connectivity index (χ3n) is 6.23. The highest BCUT2D eigenvalue weighted by Crippen LogP contribution is 2.39. The summed E-state index contributed by atoms with van der Waals surface area (Å²) in [6.45, 7) is 2.04. The zero-order valence-corrected chi connectivity index (χ0v) is 21.9. The van der Waals surface area contributed by atoms with Gasteiger partial charge < -0.3 is 10.1 Å². The molecule has 3 aromatic rings. The van der Waals surface area contributed by atoms with Gasteiger partial charge in [0, 0.05) is 17.9 Å². The Labute approximate surface area is 224 Å². The molecule has 2 atom stereocenters. The molecule has 2 amide bonds. The average Bonchev–Trinajstić information content (AvgIpc) is 3.49. The highest BCUT2D eigenvalue weighted by molar-refractivity contribution is 8.15. The largest absolute Gasteiger partial charge is 0.495 e. The first-order valence-electron chi connectivity index (χ1n) is 11.8. The molecule has 2 aliphatic rings. The number of carbonyl (C=O) groups excluding carboxylic acids is 2. The number of ether oxygens (including phenoxy) is 1. The van der Waals surface area contributed by atoms with E-state index in [2.05, 4.69) is 34.6 Å². The number of rotatable bonds is 6. The molecule has 37 heavy (non-hydrogen) atoms. The van der Waals surface area contributed by atoms with Crippen LogP contribution in [0.1, 0.15) is 35.6 Å². The molecular weight excluding hydrogens is 508 g/mol. The van der Waals surface area contributed by atoms with E-state index in [1.165, 1.54) is 11.8 Å². The van der Waals surface area contributed by atoms with Gasteiger partial charge in [0.15, 0.2) is 5.17 Å². The fourth-order valence-electron chi connectivity index (χ4n) is 4.27. The first-order valence-corrected chi connectivity index (χ1v) is 13.1. The normalized spacial score (nSPS) is 19.0. The molecule has 0 aliphatic carbocycles. The van der Waals surface area contributed by atoms with E-state index in [-0.39, 0.29) is 24.3 Å². The lowest BCUT2D eigenvalue weighted by molar-refractivity contribution is -0.121. The lowest BCUT2D eigenvalue weighted by Gasteiger charge is -2.23. The van der Waals surface area contributed by atoms with E-state index in [0.29, 0.717) is 28.0 Å². The van der Waals surface area contributed by atoms with Crippen LogP contribution in [0, 0.1) is 6.92 Å². The molecule has 5 rings (SSSR count). The molecule has 3 aromatic carbocycles. The van der Waals surface area contributed by atoms with Gasteiger partial charge in [-0.15, -0.1) is 0 Å². The summed E-state index contributed by atoms with van der Waals surface area (Å²) >= 11 is 7.35. The number of hydrogen-bond acceptors (Lipinski definition) is 6. The summed E-state index contributed by atoms with van der Waals surface area (Å²) in [5.41, 5.74) is 4.65. The highest BCUT2D eigenvalue weighted by Gasteiger charge is 2.39. The summed E-state index contributed by atoms with van der Waals surface area (Å²) in [7, 11) is 1.54. The van der Waals surface area contributed by atoms with Gasteiger partial charge in [-0.25, -0.2) is 5.01 Å². The minimum absolute atomic E-state index is 0.00859. The second-order valence-corrected chi connectivity index (χ2v) is 10.4. The summed E-state index contributed by atoms with van der Waals surface area (Å²) in [5, 5.41) is 10.0. The van der Waals surface area contributed by atoms with E-state index < -0.39 is 5.25 Å². The Morgan fingerprint density at radius 3 is 2.57 bits per heavy atom. The number of nitrogens with one attached hydrogen (secondary N) is 1. The van der Waals surface area contributed by atoms with Crippen molar-refractivity contribution in [3.63, 3.8) is 0 Å². The lowest BCUT2D eigenvalue weighted by atomic mass is 9.98. The molecule has 9 heteroatoms. The smallest absolute Gasteiger partial charge is 0.262 e. The number of carbonyl (C=O) groups is 2. The van der Waals surface area contributed by atoms with Gasteiger partial charge in [-0.05, 0) is 42.3 Å². The summed E-state index contributed by atoms with van der Waals surface area (Å²) in [4.78, 5) is 29.9.